The molecule has 0 bridgehead atoms. The van der Waals surface area contributed by atoms with E-state index >= 15 is 0 Å². The number of hydrogen-bond donors (Lipinski definition) is 1. The van der Waals surface area contributed by atoms with E-state index in [1.807, 2.05) is 30.2 Å². The Morgan fingerprint density at radius 3 is 2.71 bits per heavy atom. The van der Waals surface area contributed by atoms with Gasteiger partial charge < -0.3 is 14.8 Å². The minimum Gasteiger partial charge on any atom is -0.335 e. The lowest BCUT2D eigenvalue weighted by molar-refractivity contribution is 0.168. The maximum Gasteiger partial charge on any atom is 0.317 e. The number of hydrogen-bond acceptors (Lipinski definition) is 3. The SMILES string of the molecule is Cc1nc2cccnc2n1C1CCN(C(=O)NC2CCCC2)CC1. The summed E-state index contributed by atoms with van der Waals surface area (Å²) in [5.74, 6) is 1.01. The molecule has 1 saturated carbocycles. The van der Waals surface area contributed by atoms with Crippen molar-refractivity contribution in [2.24, 2.45) is 0 Å². The van der Waals surface area contributed by atoms with Gasteiger partial charge >= 0.3 is 6.03 Å². The van der Waals surface area contributed by atoms with Crippen molar-refractivity contribution in [1.29, 1.82) is 0 Å². The van der Waals surface area contributed by atoms with Gasteiger partial charge in [-0.2, -0.15) is 0 Å². The first-order valence-corrected chi connectivity index (χ1v) is 9.07. The fourth-order valence-electron chi connectivity index (χ4n) is 4.14. The number of fused-ring (bicyclic) bond motifs is 1. The van der Waals surface area contributed by atoms with Gasteiger partial charge in [0.1, 0.15) is 11.3 Å². The quantitative estimate of drug-likeness (QED) is 0.922. The van der Waals surface area contributed by atoms with Gasteiger partial charge in [0.05, 0.1) is 0 Å². The number of aromatic nitrogens is 3. The number of carbonyl (C=O) groups is 1. The van der Waals surface area contributed by atoms with Crippen LogP contribution in [-0.2, 0) is 0 Å². The number of rotatable bonds is 2. The molecule has 2 aromatic rings. The number of nitrogens with zero attached hydrogens (tertiary/aromatic N) is 4. The Labute approximate surface area is 142 Å². The zero-order valence-corrected chi connectivity index (χ0v) is 14.2. The second kappa shape index (κ2) is 6.42. The lowest BCUT2D eigenvalue weighted by Crippen LogP contribution is -2.47. The van der Waals surface area contributed by atoms with Gasteiger partial charge in [-0.1, -0.05) is 12.8 Å². The van der Waals surface area contributed by atoms with E-state index in [2.05, 4.69) is 19.9 Å². The molecule has 2 fully saturated rings. The van der Waals surface area contributed by atoms with Gasteiger partial charge in [-0.05, 0) is 44.7 Å². The van der Waals surface area contributed by atoms with Crippen LogP contribution in [0, 0.1) is 6.92 Å². The predicted octanol–water partition coefficient (Wildman–Crippen LogP) is 3.03. The largest absolute Gasteiger partial charge is 0.335 e. The minimum atomic E-state index is 0.116. The monoisotopic (exact) mass is 327 g/mol. The summed E-state index contributed by atoms with van der Waals surface area (Å²) in [7, 11) is 0. The Bertz CT molecular complexity index is 726. The second-order valence-corrected chi connectivity index (χ2v) is 7.02. The molecule has 1 aliphatic heterocycles. The third-order valence-corrected chi connectivity index (χ3v) is 5.42. The highest BCUT2D eigenvalue weighted by Crippen LogP contribution is 2.28. The van der Waals surface area contributed by atoms with E-state index in [-0.39, 0.29) is 6.03 Å². The van der Waals surface area contributed by atoms with Gasteiger partial charge in [-0.15, -0.1) is 0 Å². The first-order valence-electron chi connectivity index (χ1n) is 9.07. The molecule has 6 nitrogen and oxygen atoms in total. The number of pyridine rings is 1. The Kier molecular flexibility index (Phi) is 4.12. The fourth-order valence-corrected chi connectivity index (χ4v) is 4.14. The van der Waals surface area contributed by atoms with Crippen LogP contribution in [0.15, 0.2) is 18.3 Å². The van der Waals surface area contributed by atoms with Crippen molar-refractivity contribution in [1.82, 2.24) is 24.8 Å². The van der Waals surface area contributed by atoms with Gasteiger partial charge in [0.15, 0.2) is 5.65 Å². The number of aryl methyl sites for hydroxylation is 1. The van der Waals surface area contributed by atoms with Crippen LogP contribution in [0.3, 0.4) is 0 Å². The van der Waals surface area contributed by atoms with Crippen molar-refractivity contribution in [2.45, 2.75) is 57.5 Å². The summed E-state index contributed by atoms with van der Waals surface area (Å²) in [6.07, 6.45) is 8.49. The van der Waals surface area contributed by atoms with Crippen molar-refractivity contribution >= 4 is 17.2 Å². The van der Waals surface area contributed by atoms with Crippen molar-refractivity contribution in [3.05, 3.63) is 24.2 Å². The topological polar surface area (TPSA) is 63.1 Å². The van der Waals surface area contributed by atoms with E-state index < -0.39 is 0 Å². The molecule has 4 rings (SSSR count). The molecule has 0 atom stereocenters. The van der Waals surface area contributed by atoms with E-state index in [4.69, 9.17) is 0 Å². The molecule has 3 heterocycles. The third kappa shape index (κ3) is 2.85. The summed E-state index contributed by atoms with van der Waals surface area (Å²) in [6.45, 7) is 3.64. The Balaban J connectivity index is 1.42. The summed E-state index contributed by atoms with van der Waals surface area (Å²) < 4.78 is 2.25. The smallest absolute Gasteiger partial charge is 0.317 e. The zero-order chi connectivity index (χ0) is 16.5. The standard InChI is InChI=1S/C18H25N5O/c1-13-20-16-7-4-10-19-17(16)23(13)15-8-11-22(12-9-15)18(24)21-14-5-2-3-6-14/h4,7,10,14-15H,2-3,5-6,8-9,11-12H2,1H3,(H,21,24). The number of amides is 2. The lowest BCUT2D eigenvalue weighted by atomic mass is 10.0. The van der Waals surface area contributed by atoms with Crippen molar-refractivity contribution in [3.63, 3.8) is 0 Å². The van der Waals surface area contributed by atoms with Crippen LogP contribution in [0.2, 0.25) is 0 Å². The molecule has 128 valence electrons. The molecule has 2 aromatic heterocycles. The maximum atomic E-state index is 12.4. The fraction of sp³-hybridized carbons (Fsp3) is 0.611. The molecule has 0 unspecified atom stereocenters. The van der Waals surface area contributed by atoms with E-state index in [9.17, 15) is 4.79 Å². The normalized spacial score (nSPS) is 20.0. The van der Waals surface area contributed by atoms with E-state index in [0.29, 0.717) is 12.1 Å². The van der Waals surface area contributed by atoms with E-state index in [0.717, 1.165) is 55.8 Å². The molecule has 6 heteroatoms. The van der Waals surface area contributed by atoms with Crippen LogP contribution < -0.4 is 5.32 Å². The maximum absolute atomic E-state index is 12.4. The predicted molar refractivity (Wildman–Crippen MR) is 92.9 cm³/mol. The molecule has 0 aromatic carbocycles. The molecule has 1 N–H and O–H groups in total. The highest BCUT2D eigenvalue weighted by atomic mass is 16.2. The molecule has 1 saturated heterocycles. The number of urea groups is 1. The lowest BCUT2D eigenvalue weighted by Gasteiger charge is -2.33. The zero-order valence-electron chi connectivity index (χ0n) is 14.2. The highest BCUT2D eigenvalue weighted by Gasteiger charge is 2.27. The average molecular weight is 327 g/mol. The molecule has 1 aliphatic carbocycles. The minimum absolute atomic E-state index is 0.116. The third-order valence-electron chi connectivity index (χ3n) is 5.42. The van der Waals surface area contributed by atoms with Crippen LogP contribution >= 0.6 is 0 Å². The van der Waals surface area contributed by atoms with Crippen LogP contribution in [0.25, 0.3) is 11.2 Å². The molecule has 2 aliphatic rings. The van der Waals surface area contributed by atoms with Gasteiger partial charge in [-0.3, -0.25) is 0 Å². The summed E-state index contributed by atoms with van der Waals surface area (Å²) in [5.41, 5.74) is 1.92. The summed E-state index contributed by atoms with van der Waals surface area (Å²) in [5, 5.41) is 3.19. The van der Waals surface area contributed by atoms with Gasteiger partial charge in [0.25, 0.3) is 0 Å². The van der Waals surface area contributed by atoms with Crippen LogP contribution in [0.1, 0.15) is 50.4 Å². The number of likely N-dealkylation sites (tertiary alicyclic amines) is 1. The Hall–Kier alpha value is -2.11. The number of nitrogens with one attached hydrogen (secondary N) is 1. The molecular formula is C18H25N5O. The highest BCUT2D eigenvalue weighted by molar-refractivity contribution is 5.75. The van der Waals surface area contributed by atoms with E-state index in [1.165, 1.54) is 12.8 Å². The van der Waals surface area contributed by atoms with Crippen LogP contribution in [0.5, 0.6) is 0 Å². The summed E-state index contributed by atoms with van der Waals surface area (Å²) in [4.78, 5) is 23.5. The summed E-state index contributed by atoms with van der Waals surface area (Å²) in [6, 6.07) is 4.82. The second-order valence-electron chi connectivity index (χ2n) is 7.02. The van der Waals surface area contributed by atoms with Crippen molar-refractivity contribution in [2.75, 3.05) is 13.1 Å². The molecule has 0 spiro atoms. The number of carbonyl (C=O) groups excluding carboxylic acids is 1. The Morgan fingerprint density at radius 2 is 1.96 bits per heavy atom. The van der Waals surface area contributed by atoms with Crippen LogP contribution in [0.4, 0.5) is 4.79 Å². The molecule has 2 amide bonds. The van der Waals surface area contributed by atoms with Gasteiger partial charge in [0.2, 0.25) is 0 Å². The molecule has 0 radical (unpaired) electrons. The van der Waals surface area contributed by atoms with Crippen LogP contribution in [-0.4, -0.2) is 44.6 Å². The van der Waals surface area contributed by atoms with Crippen molar-refractivity contribution in [3.8, 4) is 0 Å². The van der Waals surface area contributed by atoms with E-state index in [1.54, 1.807) is 0 Å². The first-order chi connectivity index (χ1) is 11.7. The number of imidazole rings is 1. The average Bonchev–Trinajstić information content (AvgIpc) is 3.21. The molecular weight excluding hydrogens is 302 g/mol. The molecule has 24 heavy (non-hydrogen) atoms. The first kappa shape index (κ1) is 15.4. The Morgan fingerprint density at radius 1 is 1.21 bits per heavy atom. The summed E-state index contributed by atoms with van der Waals surface area (Å²) >= 11 is 0. The number of piperidine rings is 1. The van der Waals surface area contributed by atoms with Crippen molar-refractivity contribution < 1.29 is 4.79 Å². The van der Waals surface area contributed by atoms with Gasteiger partial charge in [0, 0.05) is 31.4 Å². The van der Waals surface area contributed by atoms with Gasteiger partial charge in [-0.25, -0.2) is 14.8 Å².